The summed E-state index contributed by atoms with van der Waals surface area (Å²) < 4.78 is 1.66. The van der Waals surface area contributed by atoms with Gasteiger partial charge in [0, 0.05) is 38.6 Å². The van der Waals surface area contributed by atoms with E-state index >= 15 is 0 Å². The van der Waals surface area contributed by atoms with Crippen LogP contribution in [0.1, 0.15) is 0 Å². The first kappa shape index (κ1) is 13.9. The third-order valence-electron chi connectivity index (χ3n) is 3.68. The molecule has 0 radical (unpaired) electrons. The van der Waals surface area contributed by atoms with Crippen molar-refractivity contribution in [2.75, 3.05) is 31.1 Å². The second kappa shape index (κ2) is 6.18. The Morgan fingerprint density at radius 1 is 1.14 bits per heavy atom. The zero-order chi connectivity index (χ0) is 14.7. The molecule has 0 unspecified atom stereocenters. The van der Waals surface area contributed by atoms with Crippen LogP contribution < -0.4 is 4.90 Å². The molecule has 0 saturated carbocycles. The molecular formula is C15H17ClN4O. The number of nitrogens with zero attached hydrogens (tertiary/aromatic N) is 4. The van der Waals surface area contributed by atoms with Crippen LogP contribution in [0.3, 0.4) is 0 Å². The molecule has 2 aromatic rings. The van der Waals surface area contributed by atoms with Gasteiger partial charge >= 0.3 is 0 Å². The highest BCUT2D eigenvalue weighted by Gasteiger charge is 2.22. The summed E-state index contributed by atoms with van der Waals surface area (Å²) >= 11 is 6.22. The lowest BCUT2D eigenvalue weighted by molar-refractivity contribution is -0.132. The molecular weight excluding hydrogens is 288 g/mol. The molecule has 0 spiro atoms. The minimum Gasteiger partial charge on any atom is -0.367 e. The maximum Gasteiger partial charge on any atom is 0.244 e. The van der Waals surface area contributed by atoms with Gasteiger partial charge in [-0.2, -0.15) is 5.10 Å². The number of amides is 1. The number of carbonyl (C=O) groups excluding carboxylic acids is 1. The molecule has 0 N–H and O–H groups in total. The summed E-state index contributed by atoms with van der Waals surface area (Å²) in [6.07, 6.45) is 3.49. The molecule has 1 amide bonds. The fourth-order valence-corrected chi connectivity index (χ4v) is 2.79. The van der Waals surface area contributed by atoms with Crippen molar-refractivity contribution in [1.82, 2.24) is 14.7 Å². The summed E-state index contributed by atoms with van der Waals surface area (Å²) in [4.78, 5) is 16.3. The molecule has 1 aliphatic heterocycles. The molecule has 1 saturated heterocycles. The van der Waals surface area contributed by atoms with Gasteiger partial charge in [-0.1, -0.05) is 23.7 Å². The van der Waals surface area contributed by atoms with Gasteiger partial charge < -0.3 is 9.80 Å². The fraction of sp³-hybridized carbons (Fsp3) is 0.333. The lowest BCUT2D eigenvalue weighted by Gasteiger charge is -2.36. The van der Waals surface area contributed by atoms with Crippen molar-refractivity contribution in [2.24, 2.45) is 0 Å². The maximum atomic E-state index is 12.2. The van der Waals surface area contributed by atoms with Crippen molar-refractivity contribution in [2.45, 2.75) is 6.54 Å². The Morgan fingerprint density at radius 3 is 2.57 bits per heavy atom. The van der Waals surface area contributed by atoms with E-state index in [-0.39, 0.29) is 5.91 Å². The first-order valence-corrected chi connectivity index (χ1v) is 7.36. The molecule has 1 aliphatic rings. The zero-order valence-corrected chi connectivity index (χ0v) is 12.4. The molecule has 0 atom stereocenters. The minimum absolute atomic E-state index is 0.109. The van der Waals surface area contributed by atoms with E-state index in [9.17, 15) is 4.79 Å². The Hall–Kier alpha value is -2.01. The Balaban J connectivity index is 1.58. The van der Waals surface area contributed by atoms with Crippen LogP contribution in [0.4, 0.5) is 5.69 Å². The highest BCUT2D eigenvalue weighted by molar-refractivity contribution is 6.33. The SMILES string of the molecule is O=C(Cn1cccn1)N1CCN(c2ccccc2Cl)CC1. The van der Waals surface area contributed by atoms with Crippen molar-refractivity contribution in [3.63, 3.8) is 0 Å². The number of hydrogen-bond donors (Lipinski definition) is 0. The van der Waals surface area contributed by atoms with E-state index in [0.29, 0.717) is 19.6 Å². The molecule has 1 aromatic heterocycles. The molecule has 2 heterocycles. The molecule has 21 heavy (non-hydrogen) atoms. The molecule has 1 aromatic carbocycles. The highest BCUT2D eigenvalue weighted by Crippen LogP contribution is 2.25. The van der Waals surface area contributed by atoms with Crippen LogP contribution in [-0.2, 0) is 11.3 Å². The summed E-state index contributed by atoms with van der Waals surface area (Å²) in [5.41, 5.74) is 1.04. The van der Waals surface area contributed by atoms with E-state index in [1.807, 2.05) is 35.2 Å². The number of hydrogen-bond acceptors (Lipinski definition) is 3. The number of piperazine rings is 1. The van der Waals surface area contributed by atoms with Gasteiger partial charge in [-0.25, -0.2) is 0 Å². The summed E-state index contributed by atoms with van der Waals surface area (Å²) in [6, 6.07) is 9.64. The second-order valence-electron chi connectivity index (χ2n) is 5.02. The van der Waals surface area contributed by atoms with Crippen LogP contribution in [0.15, 0.2) is 42.7 Å². The number of para-hydroxylation sites is 1. The molecule has 110 valence electrons. The van der Waals surface area contributed by atoms with Crippen molar-refractivity contribution in [1.29, 1.82) is 0 Å². The number of halogens is 1. The normalized spacial score (nSPS) is 15.3. The van der Waals surface area contributed by atoms with Gasteiger partial charge in [0.25, 0.3) is 0 Å². The first-order chi connectivity index (χ1) is 10.2. The Bertz CT molecular complexity index is 606. The average Bonchev–Trinajstić information content (AvgIpc) is 3.01. The standard InChI is InChI=1S/C15H17ClN4O/c16-13-4-1-2-5-14(13)18-8-10-19(11-9-18)15(21)12-20-7-3-6-17-20/h1-7H,8-12H2. The average molecular weight is 305 g/mol. The Kier molecular flexibility index (Phi) is 4.10. The third kappa shape index (κ3) is 3.19. The van der Waals surface area contributed by atoms with Gasteiger partial charge in [-0.15, -0.1) is 0 Å². The second-order valence-corrected chi connectivity index (χ2v) is 5.43. The van der Waals surface area contributed by atoms with E-state index < -0.39 is 0 Å². The summed E-state index contributed by atoms with van der Waals surface area (Å²) in [7, 11) is 0. The van der Waals surface area contributed by atoms with Crippen molar-refractivity contribution >= 4 is 23.2 Å². The number of carbonyl (C=O) groups is 1. The topological polar surface area (TPSA) is 41.4 Å². The quantitative estimate of drug-likeness (QED) is 0.869. The van der Waals surface area contributed by atoms with Crippen LogP contribution in [0.2, 0.25) is 5.02 Å². The number of anilines is 1. The summed E-state index contributed by atoms with van der Waals surface area (Å²) in [6.45, 7) is 3.33. The maximum absolute atomic E-state index is 12.2. The highest BCUT2D eigenvalue weighted by atomic mass is 35.5. The van der Waals surface area contributed by atoms with E-state index in [1.54, 1.807) is 17.1 Å². The van der Waals surface area contributed by atoms with Gasteiger partial charge in [0.15, 0.2) is 0 Å². The van der Waals surface area contributed by atoms with Gasteiger partial charge in [-0.3, -0.25) is 9.48 Å². The zero-order valence-electron chi connectivity index (χ0n) is 11.7. The molecule has 0 bridgehead atoms. The Labute approximate surface area is 128 Å². The lowest BCUT2D eigenvalue weighted by Crippen LogP contribution is -2.49. The largest absolute Gasteiger partial charge is 0.367 e. The summed E-state index contributed by atoms with van der Waals surface area (Å²) in [5.74, 6) is 0.109. The number of aromatic nitrogens is 2. The summed E-state index contributed by atoms with van der Waals surface area (Å²) in [5, 5.41) is 4.82. The van der Waals surface area contributed by atoms with E-state index in [4.69, 9.17) is 11.6 Å². The van der Waals surface area contributed by atoms with Crippen molar-refractivity contribution in [3.8, 4) is 0 Å². The van der Waals surface area contributed by atoms with Gasteiger partial charge in [0.1, 0.15) is 6.54 Å². The van der Waals surface area contributed by atoms with Crippen molar-refractivity contribution < 1.29 is 4.79 Å². The Morgan fingerprint density at radius 2 is 1.90 bits per heavy atom. The van der Waals surface area contributed by atoms with Gasteiger partial charge in [0.2, 0.25) is 5.91 Å². The van der Waals surface area contributed by atoms with E-state index in [2.05, 4.69) is 10.00 Å². The van der Waals surface area contributed by atoms with Crippen LogP contribution in [0.5, 0.6) is 0 Å². The molecule has 6 heteroatoms. The monoisotopic (exact) mass is 304 g/mol. The van der Waals surface area contributed by atoms with Crippen LogP contribution in [0.25, 0.3) is 0 Å². The number of rotatable bonds is 3. The smallest absolute Gasteiger partial charge is 0.244 e. The van der Waals surface area contributed by atoms with Gasteiger partial charge in [0.05, 0.1) is 10.7 Å². The predicted octanol–water partition coefficient (Wildman–Crippen LogP) is 1.89. The minimum atomic E-state index is 0.109. The molecule has 0 aliphatic carbocycles. The fourth-order valence-electron chi connectivity index (χ4n) is 2.54. The van der Waals surface area contributed by atoms with Gasteiger partial charge in [-0.05, 0) is 18.2 Å². The molecule has 1 fully saturated rings. The van der Waals surface area contributed by atoms with E-state index in [1.165, 1.54) is 0 Å². The number of benzene rings is 1. The lowest BCUT2D eigenvalue weighted by atomic mass is 10.2. The van der Waals surface area contributed by atoms with Crippen LogP contribution in [-0.4, -0.2) is 46.8 Å². The van der Waals surface area contributed by atoms with Crippen LogP contribution >= 0.6 is 11.6 Å². The molecule has 5 nitrogen and oxygen atoms in total. The predicted molar refractivity (Wildman–Crippen MR) is 82.5 cm³/mol. The van der Waals surface area contributed by atoms with Crippen LogP contribution in [0, 0.1) is 0 Å². The van der Waals surface area contributed by atoms with E-state index in [0.717, 1.165) is 23.8 Å². The van der Waals surface area contributed by atoms with Crippen molar-refractivity contribution in [3.05, 3.63) is 47.7 Å². The first-order valence-electron chi connectivity index (χ1n) is 6.99. The molecule has 3 rings (SSSR count). The third-order valence-corrected chi connectivity index (χ3v) is 4.00.